The summed E-state index contributed by atoms with van der Waals surface area (Å²) in [6.45, 7) is 0.778. The van der Waals surface area contributed by atoms with Gasteiger partial charge in [0, 0.05) is 11.9 Å². The fourth-order valence-corrected chi connectivity index (χ4v) is 2.46. The minimum atomic E-state index is -4.58. The van der Waals surface area contributed by atoms with Gasteiger partial charge >= 0.3 is 12.2 Å². The molecule has 0 spiro atoms. The highest BCUT2D eigenvalue weighted by molar-refractivity contribution is 6.05. The molecule has 3 amide bonds. The summed E-state index contributed by atoms with van der Waals surface area (Å²) in [6.07, 6.45) is -2.07. The molecule has 0 radical (unpaired) electrons. The summed E-state index contributed by atoms with van der Waals surface area (Å²) in [5.74, 6) is -0.859. The summed E-state index contributed by atoms with van der Waals surface area (Å²) in [5.41, 5.74) is 3.35. The van der Waals surface area contributed by atoms with Crippen LogP contribution in [0.2, 0.25) is 0 Å². The van der Waals surface area contributed by atoms with Crippen LogP contribution in [0.25, 0.3) is 10.8 Å². The summed E-state index contributed by atoms with van der Waals surface area (Å²) in [7, 11) is 0. The van der Waals surface area contributed by atoms with Gasteiger partial charge in [-0.05, 0) is 12.5 Å². The number of benzene rings is 1. The molecule has 0 unspecified atom stereocenters. The van der Waals surface area contributed by atoms with Gasteiger partial charge in [0.05, 0.1) is 5.39 Å². The number of fused-ring (bicyclic) bond motifs is 1. The Morgan fingerprint density at radius 3 is 2.43 bits per heavy atom. The zero-order valence-electron chi connectivity index (χ0n) is 15.1. The van der Waals surface area contributed by atoms with Crippen molar-refractivity contribution >= 4 is 22.7 Å². The highest BCUT2D eigenvalue weighted by Crippen LogP contribution is 2.14. The predicted octanol–water partition coefficient (Wildman–Crippen LogP) is 2.09. The van der Waals surface area contributed by atoms with Crippen LogP contribution in [-0.2, 0) is 6.54 Å². The first-order valence-electron chi connectivity index (χ1n) is 8.63. The van der Waals surface area contributed by atoms with Crippen molar-refractivity contribution in [3.63, 3.8) is 0 Å². The first-order valence-corrected chi connectivity index (χ1v) is 8.63. The van der Waals surface area contributed by atoms with E-state index in [0.717, 1.165) is 12.8 Å². The number of carbonyl (C=O) groups excluding carboxylic acids is 2. The maximum Gasteiger partial charge on any atom is 0.405 e. The monoisotopic (exact) mass is 399 g/mol. The zero-order chi connectivity index (χ0) is 20.7. The number of urea groups is 1. The van der Waals surface area contributed by atoms with Gasteiger partial charge in [0.25, 0.3) is 11.5 Å². The molecule has 28 heavy (non-hydrogen) atoms. The molecule has 1 aromatic carbocycles. The van der Waals surface area contributed by atoms with Gasteiger partial charge in [-0.3, -0.25) is 15.0 Å². The van der Waals surface area contributed by atoms with E-state index in [1.165, 1.54) is 10.7 Å². The van der Waals surface area contributed by atoms with Gasteiger partial charge in [-0.15, -0.1) is 0 Å². The fraction of sp³-hybridized carbons (Fsp3) is 0.412. The maximum absolute atomic E-state index is 12.5. The first kappa shape index (κ1) is 21.2. The third-order valence-electron chi connectivity index (χ3n) is 3.80. The molecule has 2 rings (SSSR count). The van der Waals surface area contributed by atoms with Crippen LogP contribution in [0.4, 0.5) is 18.0 Å². The van der Waals surface area contributed by atoms with E-state index in [9.17, 15) is 27.6 Å². The molecule has 11 heteroatoms. The molecule has 8 nitrogen and oxygen atoms in total. The second kappa shape index (κ2) is 9.20. The minimum Gasteiger partial charge on any atom is -0.328 e. The van der Waals surface area contributed by atoms with Crippen molar-refractivity contribution < 1.29 is 22.8 Å². The van der Waals surface area contributed by atoms with Gasteiger partial charge in [0.1, 0.15) is 6.54 Å². The third kappa shape index (κ3) is 5.69. The molecule has 152 valence electrons. The molecule has 0 atom stereocenters. The number of aromatic nitrogens is 2. The van der Waals surface area contributed by atoms with E-state index in [2.05, 4.69) is 5.10 Å². The topological polar surface area (TPSA) is 105 Å². The maximum atomic E-state index is 12.5. The second-order valence-corrected chi connectivity index (χ2v) is 6.01. The first-order chi connectivity index (χ1) is 13.2. The highest BCUT2D eigenvalue weighted by Gasteiger charge is 2.27. The predicted molar refractivity (Wildman–Crippen MR) is 95.6 cm³/mol. The van der Waals surface area contributed by atoms with Crippen molar-refractivity contribution in [2.24, 2.45) is 0 Å². The quantitative estimate of drug-likeness (QED) is 0.511. The van der Waals surface area contributed by atoms with Crippen LogP contribution in [0.5, 0.6) is 0 Å². The number of nitrogens with one attached hydrogen (secondary N) is 3. The molecule has 0 bridgehead atoms. The number of aryl methyl sites for hydroxylation is 1. The number of amides is 3. The molecular formula is C17H20F3N5O3. The van der Waals surface area contributed by atoms with Gasteiger partial charge in [-0.25, -0.2) is 14.9 Å². The molecule has 0 aliphatic carbocycles. The van der Waals surface area contributed by atoms with Crippen LogP contribution in [0.15, 0.2) is 29.1 Å². The summed E-state index contributed by atoms with van der Waals surface area (Å²) in [5, 5.41) is 6.18. The van der Waals surface area contributed by atoms with Crippen LogP contribution >= 0.6 is 0 Å². The number of hydrazine groups is 1. The molecule has 0 aliphatic heterocycles. The fourth-order valence-electron chi connectivity index (χ4n) is 2.46. The summed E-state index contributed by atoms with van der Waals surface area (Å²) in [6, 6.07) is 5.11. The van der Waals surface area contributed by atoms with Crippen molar-refractivity contribution in [3.8, 4) is 0 Å². The van der Waals surface area contributed by atoms with Crippen molar-refractivity contribution in [1.29, 1.82) is 0 Å². The molecule has 3 N–H and O–H groups in total. The van der Waals surface area contributed by atoms with Gasteiger partial charge < -0.3 is 5.32 Å². The molecule has 1 heterocycles. The van der Waals surface area contributed by atoms with E-state index < -0.39 is 24.7 Å². The highest BCUT2D eigenvalue weighted by atomic mass is 19.4. The van der Waals surface area contributed by atoms with Gasteiger partial charge in [0.2, 0.25) is 0 Å². The SMILES string of the molecule is CCCCCn1nc(C(=O)NNC(=O)NCC(F)(F)F)c2ccccc2c1=O. The number of hydrogen-bond donors (Lipinski definition) is 3. The van der Waals surface area contributed by atoms with Crippen molar-refractivity contribution in [2.75, 3.05) is 6.54 Å². The lowest BCUT2D eigenvalue weighted by Crippen LogP contribution is -2.49. The molecule has 2 aromatic rings. The third-order valence-corrected chi connectivity index (χ3v) is 3.80. The largest absolute Gasteiger partial charge is 0.405 e. The van der Waals surface area contributed by atoms with E-state index in [4.69, 9.17) is 0 Å². The van der Waals surface area contributed by atoms with Gasteiger partial charge in [-0.1, -0.05) is 38.0 Å². The Morgan fingerprint density at radius 1 is 1.11 bits per heavy atom. The summed E-state index contributed by atoms with van der Waals surface area (Å²) >= 11 is 0. The van der Waals surface area contributed by atoms with Gasteiger partial charge in [0.15, 0.2) is 5.69 Å². The summed E-state index contributed by atoms with van der Waals surface area (Å²) in [4.78, 5) is 36.3. The van der Waals surface area contributed by atoms with Crippen molar-refractivity contribution in [3.05, 3.63) is 40.3 Å². The van der Waals surface area contributed by atoms with Crippen LogP contribution in [0, 0.1) is 0 Å². The zero-order valence-corrected chi connectivity index (χ0v) is 15.1. The lowest BCUT2D eigenvalue weighted by atomic mass is 10.1. The molecular weight excluding hydrogens is 379 g/mol. The Labute approximate surface area is 158 Å². The number of carbonyl (C=O) groups is 2. The molecule has 1 aromatic heterocycles. The summed E-state index contributed by atoms with van der Waals surface area (Å²) < 4.78 is 37.5. The second-order valence-electron chi connectivity index (χ2n) is 6.01. The normalized spacial score (nSPS) is 11.3. The Bertz CT molecular complexity index is 911. The average molecular weight is 399 g/mol. The average Bonchev–Trinajstić information content (AvgIpc) is 2.66. The standard InChI is InChI=1S/C17H20F3N5O3/c1-2-3-6-9-25-15(27)12-8-5-4-7-11(12)13(24-25)14(26)22-23-16(28)21-10-17(18,19)20/h4-5,7-8H,2-3,6,9-10H2,1H3,(H,22,26)(H2,21,23,28). The van der Waals surface area contributed by atoms with E-state index in [1.54, 1.807) is 23.5 Å². The smallest absolute Gasteiger partial charge is 0.328 e. The van der Waals surface area contributed by atoms with Gasteiger partial charge in [-0.2, -0.15) is 18.3 Å². The van der Waals surface area contributed by atoms with E-state index in [1.807, 2.05) is 17.8 Å². The van der Waals surface area contributed by atoms with E-state index >= 15 is 0 Å². The van der Waals surface area contributed by atoms with Crippen LogP contribution < -0.4 is 21.7 Å². The molecule has 0 saturated carbocycles. The number of halogens is 3. The Kier molecular flexibility index (Phi) is 6.96. The number of nitrogens with zero attached hydrogens (tertiary/aromatic N) is 2. The Balaban J connectivity index is 2.20. The van der Waals surface area contributed by atoms with Crippen molar-refractivity contribution in [1.82, 2.24) is 25.9 Å². The molecule has 0 aliphatic rings. The van der Waals surface area contributed by atoms with E-state index in [0.29, 0.717) is 13.0 Å². The lowest BCUT2D eigenvalue weighted by Gasteiger charge is -2.13. The molecule has 0 saturated heterocycles. The molecule has 0 fully saturated rings. The Hall–Kier alpha value is -3.11. The van der Waals surface area contributed by atoms with Crippen molar-refractivity contribution in [2.45, 2.75) is 38.9 Å². The number of rotatable bonds is 6. The minimum absolute atomic E-state index is 0.122. The lowest BCUT2D eigenvalue weighted by molar-refractivity contribution is -0.122. The van der Waals surface area contributed by atoms with Crippen LogP contribution in [0.3, 0.4) is 0 Å². The van der Waals surface area contributed by atoms with Crippen LogP contribution in [0.1, 0.15) is 36.7 Å². The Morgan fingerprint density at radius 2 is 1.79 bits per heavy atom. The van der Waals surface area contributed by atoms with E-state index in [-0.39, 0.29) is 22.0 Å². The number of hydrogen-bond acceptors (Lipinski definition) is 4. The number of unbranched alkanes of at least 4 members (excludes halogenated alkanes) is 2. The van der Waals surface area contributed by atoms with Crippen LogP contribution in [-0.4, -0.2) is 34.4 Å². The number of alkyl halides is 3.